The van der Waals surface area contributed by atoms with Gasteiger partial charge in [0, 0.05) is 11.3 Å². The summed E-state index contributed by atoms with van der Waals surface area (Å²) in [6, 6.07) is 7.02. The minimum Gasteiger partial charge on any atom is -0.457 e. The molecule has 0 bridgehead atoms. The maximum atomic E-state index is 12.1. The van der Waals surface area contributed by atoms with E-state index in [0.29, 0.717) is 5.56 Å². The fraction of sp³-hybridized carbons (Fsp3) is 0.200. The third kappa shape index (κ3) is 4.21. The molecule has 0 aliphatic carbocycles. The Hall–Kier alpha value is -2.65. The van der Waals surface area contributed by atoms with Crippen LogP contribution in [0.1, 0.15) is 23.0 Å². The number of aryl methyl sites for hydroxylation is 1. The average Bonchev–Trinajstić information content (AvgIpc) is 2.92. The van der Waals surface area contributed by atoms with Crippen molar-refractivity contribution in [2.75, 3.05) is 5.32 Å². The van der Waals surface area contributed by atoms with Crippen LogP contribution in [0.25, 0.3) is 0 Å². The van der Waals surface area contributed by atoms with Gasteiger partial charge in [-0.05, 0) is 38.1 Å². The fourth-order valence-electron chi connectivity index (χ4n) is 1.84. The number of ether oxygens (including phenoxy) is 1. The van der Waals surface area contributed by atoms with Crippen LogP contribution in [-0.2, 0) is 19.6 Å². The number of nitrogens with two attached hydrogens (primary N) is 1. The van der Waals surface area contributed by atoms with Crippen LogP contribution in [0.2, 0.25) is 0 Å². The van der Waals surface area contributed by atoms with E-state index in [1.807, 2.05) is 0 Å². The molecule has 0 aliphatic rings. The Kier molecular flexibility index (Phi) is 5.05. The molecule has 0 spiro atoms. The highest BCUT2D eigenvalue weighted by molar-refractivity contribution is 7.89. The SMILES string of the molecule is Cc1ccoc1C(=O)O[C@H](C)C(=O)Nc1cccc(S(N)(=O)=O)c1. The van der Waals surface area contributed by atoms with Crippen molar-refractivity contribution in [1.82, 2.24) is 0 Å². The Balaban J connectivity index is 2.04. The lowest BCUT2D eigenvalue weighted by Crippen LogP contribution is -2.30. The van der Waals surface area contributed by atoms with E-state index in [9.17, 15) is 18.0 Å². The summed E-state index contributed by atoms with van der Waals surface area (Å²) < 4.78 is 32.6. The van der Waals surface area contributed by atoms with Crippen molar-refractivity contribution in [2.24, 2.45) is 5.14 Å². The number of anilines is 1. The number of esters is 1. The molecule has 8 nitrogen and oxygen atoms in total. The fourth-order valence-corrected chi connectivity index (χ4v) is 2.40. The standard InChI is InChI=1S/C15H16N2O6S/c1-9-6-7-22-13(9)15(19)23-10(2)14(18)17-11-4-3-5-12(8-11)24(16,20)21/h3-8,10H,1-2H3,(H,17,18)(H2,16,20,21)/t10-/m1/s1. The Labute approximate surface area is 138 Å². The smallest absolute Gasteiger partial charge is 0.375 e. The van der Waals surface area contributed by atoms with Crippen LogP contribution >= 0.6 is 0 Å². The van der Waals surface area contributed by atoms with Gasteiger partial charge in [0.2, 0.25) is 15.8 Å². The molecular formula is C15H16N2O6S. The Morgan fingerprint density at radius 1 is 1.29 bits per heavy atom. The van der Waals surface area contributed by atoms with Crippen LogP contribution in [0.3, 0.4) is 0 Å². The summed E-state index contributed by atoms with van der Waals surface area (Å²) in [5, 5.41) is 7.48. The molecular weight excluding hydrogens is 336 g/mol. The van der Waals surface area contributed by atoms with Crippen molar-refractivity contribution in [1.29, 1.82) is 0 Å². The Bertz CT molecular complexity index is 872. The van der Waals surface area contributed by atoms with E-state index in [0.717, 1.165) is 0 Å². The molecule has 0 saturated heterocycles. The zero-order valence-electron chi connectivity index (χ0n) is 13.0. The van der Waals surface area contributed by atoms with E-state index in [-0.39, 0.29) is 16.3 Å². The van der Waals surface area contributed by atoms with E-state index in [1.54, 1.807) is 13.0 Å². The van der Waals surface area contributed by atoms with Gasteiger partial charge in [-0.3, -0.25) is 4.79 Å². The summed E-state index contributed by atoms with van der Waals surface area (Å²) in [6.07, 6.45) is 0.232. The number of primary sulfonamides is 1. The van der Waals surface area contributed by atoms with Crippen LogP contribution < -0.4 is 10.5 Å². The third-order valence-electron chi connectivity index (χ3n) is 3.13. The Morgan fingerprint density at radius 3 is 2.58 bits per heavy atom. The molecule has 2 aromatic rings. The number of amides is 1. The molecule has 1 heterocycles. The molecule has 1 aromatic heterocycles. The number of sulfonamides is 1. The highest BCUT2D eigenvalue weighted by atomic mass is 32.2. The lowest BCUT2D eigenvalue weighted by Gasteiger charge is -2.13. The van der Waals surface area contributed by atoms with E-state index < -0.39 is 28.0 Å². The van der Waals surface area contributed by atoms with Gasteiger partial charge in [0.1, 0.15) is 0 Å². The molecule has 1 atom stereocenters. The highest BCUT2D eigenvalue weighted by Gasteiger charge is 2.22. The number of hydrogen-bond acceptors (Lipinski definition) is 6. The molecule has 0 aliphatic heterocycles. The first-order chi connectivity index (χ1) is 11.2. The molecule has 9 heteroatoms. The van der Waals surface area contributed by atoms with Crippen molar-refractivity contribution >= 4 is 27.6 Å². The summed E-state index contributed by atoms with van der Waals surface area (Å²) in [4.78, 5) is 23.8. The first-order valence-corrected chi connectivity index (χ1v) is 8.42. The second-order valence-electron chi connectivity index (χ2n) is 5.04. The monoisotopic (exact) mass is 352 g/mol. The van der Waals surface area contributed by atoms with Crippen LogP contribution in [-0.4, -0.2) is 26.4 Å². The summed E-state index contributed by atoms with van der Waals surface area (Å²) in [6.45, 7) is 3.05. The molecule has 3 N–H and O–H groups in total. The maximum Gasteiger partial charge on any atom is 0.375 e. The molecule has 0 saturated carbocycles. The maximum absolute atomic E-state index is 12.1. The van der Waals surface area contributed by atoms with Crippen LogP contribution in [0.4, 0.5) is 5.69 Å². The van der Waals surface area contributed by atoms with Crippen LogP contribution in [0, 0.1) is 6.92 Å². The van der Waals surface area contributed by atoms with Crippen LogP contribution in [0.15, 0.2) is 45.9 Å². The molecule has 0 fully saturated rings. The van der Waals surface area contributed by atoms with Gasteiger partial charge < -0.3 is 14.5 Å². The van der Waals surface area contributed by atoms with Gasteiger partial charge in [-0.25, -0.2) is 18.4 Å². The van der Waals surface area contributed by atoms with Crippen molar-refractivity contribution < 1.29 is 27.2 Å². The lowest BCUT2D eigenvalue weighted by molar-refractivity contribution is -0.123. The average molecular weight is 352 g/mol. The van der Waals surface area contributed by atoms with Gasteiger partial charge in [-0.15, -0.1) is 0 Å². The largest absolute Gasteiger partial charge is 0.457 e. The number of benzene rings is 1. The van der Waals surface area contributed by atoms with Gasteiger partial charge >= 0.3 is 5.97 Å². The first-order valence-electron chi connectivity index (χ1n) is 6.87. The summed E-state index contributed by atoms with van der Waals surface area (Å²) in [5.41, 5.74) is 0.803. The number of rotatable bonds is 5. The molecule has 24 heavy (non-hydrogen) atoms. The topological polar surface area (TPSA) is 129 Å². The predicted molar refractivity (Wildman–Crippen MR) is 84.8 cm³/mol. The van der Waals surface area contributed by atoms with E-state index in [1.165, 1.54) is 37.5 Å². The van der Waals surface area contributed by atoms with E-state index >= 15 is 0 Å². The number of nitrogens with one attached hydrogen (secondary N) is 1. The second kappa shape index (κ2) is 6.85. The van der Waals surface area contributed by atoms with Crippen molar-refractivity contribution in [3.63, 3.8) is 0 Å². The minimum atomic E-state index is -3.88. The van der Waals surface area contributed by atoms with Gasteiger partial charge in [-0.2, -0.15) is 0 Å². The number of carbonyl (C=O) groups excluding carboxylic acids is 2. The molecule has 1 amide bonds. The molecule has 1 aromatic carbocycles. The number of carbonyl (C=O) groups is 2. The minimum absolute atomic E-state index is 0.0193. The van der Waals surface area contributed by atoms with Crippen molar-refractivity contribution in [3.05, 3.63) is 47.9 Å². The zero-order valence-corrected chi connectivity index (χ0v) is 13.8. The number of hydrogen-bond donors (Lipinski definition) is 2. The Morgan fingerprint density at radius 2 is 2.00 bits per heavy atom. The van der Waals surface area contributed by atoms with Gasteiger partial charge in [0.05, 0.1) is 11.2 Å². The number of furan rings is 1. The summed E-state index contributed by atoms with van der Waals surface area (Å²) >= 11 is 0. The van der Waals surface area contributed by atoms with Crippen molar-refractivity contribution in [2.45, 2.75) is 24.8 Å². The first kappa shape index (κ1) is 17.7. The molecule has 128 valence electrons. The van der Waals surface area contributed by atoms with Crippen molar-refractivity contribution in [3.8, 4) is 0 Å². The molecule has 0 radical (unpaired) electrons. The third-order valence-corrected chi connectivity index (χ3v) is 4.04. The predicted octanol–water partition coefficient (Wildman–Crippen LogP) is 1.42. The lowest BCUT2D eigenvalue weighted by atomic mass is 10.2. The molecule has 0 unspecified atom stereocenters. The van der Waals surface area contributed by atoms with Gasteiger partial charge in [0.15, 0.2) is 6.10 Å². The van der Waals surface area contributed by atoms with Gasteiger partial charge in [-0.1, -0.05) is 6.07 Å². The highest BCUT2D eigenvalue weighted by Crippen LogP contribution is 2.15. The summed E-state index contributed by atoms with van der Waals surface area (Å²) in [7, 11) is -3.88. The van der Waals surface area contributed by atoms with E-state index in [2.05, 4.69) is 5.32 Å². The normalized spacial score (nSPS) is 12.5. The van der Waals surface area contributed by atoms with Gasteiger partial charge in [0.25, 0.3) is 5.91 Å². The molecule has 2 rings (SSSR count). The van der Waals surface area contributed by atoms with Crippen LogP contribution in [0.5, 0.6) is 0 Å². The van der Waals surface area contributed by atoms with E-state index in [4.69, 9.17) is 14.3 Å². The summed E-state index contributed by atoms with van der Waals surface area (Å²) in [5.74, 6) is -1.37. The quantitative estimate of drug-likeness (QED) is 0.783. The second-order valence-corrected chi connectivity index (χ2v) is 6.60. The zero-order chi connectivity index (χ0) is 17.9.